The van der Waals surface area contributed by atoms with Gasteiger partial charge in [-0.05, 0) is 36.2 Å². The largest absolute Gasteiger partial charge is 0.345 e. The van der Waals surface area contributed by atoms with Crippen LogP contribution in [0.5, 0.6) is 0 Å². The summed E-state index contributed by atoms with van der Waals surface area (Å²) < 4.78 is 39.0. The van der Waals surface area contributed by atoms with Crippen LogP contribution in [0.25, 0.3) is 11.1 Å². The standard InChI is InChI=1S/C15H15F3N2OS.ClH/c1-9-12(10-2-4-11(16)5-3-10)6-13(22-9)14(21)20-8-15(17,18)7-19;/h2-6H,7-8,19H2,1H3,(H,20,21);1H. The number of amides is 1. The van der Waals surface area contributed by atoms with Gasteiger partial charge >= 0.3 is 0 Å². The lowest BCUT2D eigenvalue weighted by Gasteiger charge is -2.13. The van der Waals surface area contributed by atoms with Crippen LogP contribution in [0.2, 0.25) is 0 Å². The Labute approximate surface area is 142 Å². The van der Waals surface area contributed by atoms with Gasteiger partial charge in [-0.1, -0.05) is 12.1 Å². The smallest absolute Gasteiger partial charge is 0.277 e. The summed E-state index contributed by atoms with van der Waals surface area (Å²) >= 11 is 1.20. The molecule has 8 heteroatoms. The molecule has 0 saturated heterocycles. The van der Waals surface area contributed by atoms with Crippen molar-refractivity contribution in [3.63, 3.8) is 0 Å². The van der Waals surface area contributed by atoms with Gasteiger partial charge in [0.25, 0.3) is 11.8 Å². The van der Waals surface area contributed by atoms with E-state index in [9.17, 15) is 18.0 Å². The number of rotatable bonds is 5. The Morgan fingerprint density at radius 1 is 1.30 bits per heavy atom. The minimum absolute atomic E-state index is 0. The van der Waals surface area contributed by atoms with E-state index in [1.165, 1.54) is 23.5 Å². The highest BCUT2D eigenvalue weighted by atomic mass is 35.5. The Balaban J connectivity index is 0.00000264. The summed E-state index contributed by atoms with van der Waals surface area (Å²) in [6, 6.07) is 7.48. The van der Waals surface area contributed by atoms with Gasteiger partial charge in [0.15, 0.2) is 0 Å². The van der Waals surface area contributed by atoms with Gasteiger partial charge < -0.3 is 11.1 Å². The summed E-state index contributed by atoms with van der Waals surface area (Å²) in [5.41, 5.74) is 6.46. The first-order valence-corrected chi connectivity index (χ1v) is 7.36. The van der Waals surface area contributed by atoms with Crippen LogP contribution >= 0.6 is 23.7 Å². The summed E-state index contributed by atoms with van der Waals surface area (Å²) in [6.07, 6.45) is 0. The number of hydrogen-bond donors (Lipinski definition) is 2. The first-order chi connectivity index (χ1) is 10.3. The molecule has 0 bridgehead atoms. The zero-order chi connectivity index (χ0) is 16.3. The third kappa shape index (κ3) is 4.95. The second-order valence-corrected chi connectivity index (χ2v) is 6.09. The predicted molar refractivity (Wildman–Crippen MR) is 88.0 cm³/mol. The zero-order valence-corrected chi connectivity index (χ0v) is 13.9. The van der Waals surface area contributed by atoms with Gasteiger partial charge in [0, 0.05) is 4.88 Å². The predicted octanol–water partition coefficient (Wildman–Crippen LogP) is 3.61. The molecular formula is C15H16ClF3N2OS. The molecule has 1 heterocycles. The van der Waals surface area contributed by atoms with Crippen LogP contribution in [0.1, 0.15) is 14.5 Å². The molecule has 23 heavy (non-hydrogen) atoms. The first-order valence-electron chi connectivity index (χ1n) is 6.55. The molecule has 0 aliphatic carbocycles. The van der Waals surface area contributed by atoms with Crippen molar-refractivity contribution in [1.82, 2.24) is 5.32 Å². The molecule has 0 fully saturated rings. The highest BCUT2D eigenvalue weighted by Gasteiger charge is 2.27. The average Bonchev–Trinajstić information content (AvgIpc) is 2.88. The quantitative estimate of drug-likeness (QED) is 0.851. The number of halogens is 4. The van der Waals surface area contributed by atoms with Crippen molar-refractivity contribution >= 4 is 29.7 Å². The molecule has 0 unspecified atom stereocenters. The lowest BCUT2D eigenvalue weighted by atomic mass is 10.1. The molecule has 0 aliphatic rings. The summed E-state index contributed by atoms with van der Waals surface area (Å²) in [4.78, 5) is 13.1. The molecule has 1 aromatic carbocycles. The Bertz CT molecular complexity index is 674. The minimum Gasteiger partial charge on any atom is -0.345 e. The van der Waals surface area contributed by atoms with E-state index in [4.69, 9.17) is 5.73 Å². The van der Waals surface area contributed by atoms with Gasteiger partial charge in [-0.15, -0.1) is 23.7 Å². The van der Waals surface area contributed by atoms with Crippen LogP contribution in [-0.4, -0.2) is 24.9 Å². The van der Waals surface area contributed by atoms with Crippen LogP contribution in [0, 0.1) is 12.7 Å². The summed E-state index contributed by atoms with van der Waals surface area (Å²) in [5, 5.41) is 2.17. The topological polar surface area (TPSA) is 55.1 Å². The number of nitrogens with one attached hydrogen (secondary N) is 1. The van der Waals surface area contributed by atoms with E-state index in [0.29, 0.717) is 4.88 Å². The Morgan fingerprint density at radius 2 is 1.91 bits per heavy atom. The van der Waals surface area contributed by atoms with Crippen LogP contribution in [0.4, 0.5) is 13.2 Å². The molecule has 1 aromatic heterocycles. The maximum atomic E-state index is 13.0. The fourth-order valence-corrected chi connectivity index (χ4v) is 2.84. The highest BCUT2D eigenvalue weighted by molar-refractivity contribution is 7.14. The molecule has 0 aliphatic heterocycles. The summed E-state index contributed by atoms with van der Waals surface area (Å²) in [6.45, 7) is 0.192. The highest BCUT2D eigenvalue weighted by Crippen LogP contribution is 2.31. The van der Waals surface area contributed by atoms with E-state index in [1.54, 1.807) is 18.2 Å². The van der Waals surface area contributed by atoms with Crippen LogP contribution in [0.15, 0.2) is 30.3 Å². The number of aryl methyl sites for hydroxylation is 1. The van der Waals surface area contributed by atoms with E-state index in [0.717, 1.165) is 16.0 Å². The van der Waals surface area contributed by atoms with Crippen LogP contribution < -0.4 is 11.1 Å². The normalized spacial score (nSPS) is 11.0. The maximum Gasteiger partial charge on any atom is 0.277 e. The van der Waals surface area contributed by atoms with Crippen LogP contribution in [0.3, 0.4) is 0 Å². The van der Waals surface area contributed by atoms with Crippen molar-refractivity contribution < 1.29 is 18.0 Å². The second-order valence-electron chi connectivity index (χ2n) is 4.83. The van der Waals surface area contributed by atoms with Crippen molar-refractivity contribution in [3.05, 3.63) is 45.9 Å². The number of benzene rings is 1. The van der Waals surface area contributed by atoms with Crippen molar-refractivity contribution in [3.8, 4) is 11.1 Å². The fraction of sp³-hybridized carbons (Fsp3) is 0.267. The zero-order valence-electron chi connectivity index (χ0n) is 12.2. The van der Waals surface area contributed by atoms with E-state index >= 15 is 0 Å². The van der Waals surface area contributed by atoms with E-state index < -0.39 is 24.9 Å². The Morgan fingerprint density at radius 3 is 2.48 bits per heavy atom. The number of carbonyl (C=O) groups excluding carboxylic acids is 1. The molecule has 0 spiro atoms. The van der Waals surface area contributed by atoms with Crippen molar-refractivity contribution in [2.75, 3.05) is 13.1 Å². The molecule has 0 saturated carbocycles. The van der Waals surface area contributed by atoms with Crippen molar-refractivity contribution in [2.45, 2.75) is 12.8 Å². The molecule has 0 atom stereocenters. The van der Waals surface area contributed by atoms with E-state index in [2.05, 4.69) is 5.32 Å². The van der Waals surface area contributed by atoms with Gasteiger partial charge in [-0.25, -0.2) is 13.2 Å². The molecule has 0 radical (unpaired) electrons. The lowest BCUT2D eigenvalue weighted by Crippen LogP contribution is -2.41. The second kappa shape index (κ2) is 7.81. The van der Waals surface area contributed by atoms with Gasteiger partial charge in [0.1, 0.15) is 5.82 Å². The molecule has 3 N–H and O–H groups in total. The minimum atomic E-state index is -3.12. The van der Waals surface area contributed by atoms with Gasteiger partial charge in [0.2, 0.25) is 0 Å². The molecule has 1 amide bonds. The number of alkyl halides is 2. The summed E-state index contributed by atoms with van der Waals surface area (Å²) in [7, 11) is 0. The summed E-state index contributed by atoms with van der Waals surface area (Å²) in [5.74, 6) is -4.05. The Hall–Kier alpha value is -1.57. The number of hydrogen-bond acceptors (Lipinski definition) is 3. The van der Waals surface area contributed by atoms with Crippen molar-refractivity contribution in [1.29, 1.82) is 0 Å². The first kappa shape index (κ1) is 19.5. The fourth-order valence-electron chi connectivity index (χ4n) is 1.88. The number of nitrogens with two attached hydrogens (primary N) is 1. The van der Waals surface area contributed by atoms with E-state index in [1.807, 2.05) is 6.92 Å². The van der Waals surface area contributed by atoms with Gasteiger partial charge in [-0.3, -0.25) is 4.79 Å². The molecule has 2 aromatic rings. The molecular weight excluding hydrogens is 349 g/mol. The van der Waals surface area contributed by atoms with Gasteiger partial charge in [-0.2, -0.15) is 0 Å². The molecule has 126 valence electrons. The number of carbonyl (C=O) groups is 1. The molecule has 3 nitrogen and oxygen atoms in total. The molecule has 2 rings (SSSR count). The SMILES string of the molecule is Cc1sc(C(=O)NCC(F)(F)CN)cc1-c1ccc(F)cc1.Cl. The average molecular weight is 365 g/mol. The van der Waals surface area contributed by atoms with Crippen molar-refractivity contribution in [2.24, 2.45) is 5.73 Å². The maximum absolute atomic E-state index is 13.0. The lowest BCUT2D eigenvalue weighted by molar-refractivity contribution is 0.0119. The van der Waals surface area contributed by atoms with E-state index in [-0.39, 0.29) is 18.2 Å². The Kier molecular flexibility index (Phi) is 6.61. The third-order valence-corrected chi connectivity index (χ3v) is 4.15. The van der Waals surface area contributed by atoms with Crippen LogP contribution in [-0.2, 0) is 0 Å². The third-order valence-electron chi connectivity index (χ3n) is 3.10. The number of thiophene rings is 1. The van der Waals surface area contributed by atoms with Gasteiger partial charge in [0.05, 0.1) is 18.0 Å². The monoisotopic (exact) mass is 364 g/mol.